The summed E-state index contributed by atoms with van der Waals surface area (Å²) in [7, 11) is 0. The Kier molecular flexibility index (Phi) is 5.85. The molecule has 2 aliphatic rings. The summed E-state index contributed by atoms with van der Waals surface area (Å²) in [5, 5.41) is 2.87. The third kappa shape index (κ3) is 4.65. The summed E-state index contributed by atoms with van der Waals surface area (Å²) in [6, 6.07) is 5.09. The highest BCUT2D eigenvalue weighted by molar-refractivity contribution is 6.02. The van der Waals surface area contributed by atoms with E-state index in [1.165, 1.54) is 6.07 Å². The molecular formula is C23H29N3O5. The smallest absolute Gasteiger partial charge is 0.261 e. The summed E-state index contributed by atoms with van der Waals surface area (Å²) in [5.41, 5.74) is 0.334. The Labute approximate surface area is 181 Å². The topological polar surface area (TPSA) is 105 Å². The Morgan fingerprint density at radius 2 is 1.97 bits per heavy atom. The average molecular weight is 428 g/mol. The van der Waals surface area contributed by atoms with Gasteiger partial charge in [-0.1, -0.05) is 13.8 Å². The molecule has 0 spiro atoms. The van der Waals surface area contributed by atoms with Crippen LogP contribution in [0.3, 0.4) is 0 Å². The standard InChI is InChI=1S/C23H29N3O5/c1-14-4-5-20(31-14)18(26-6-8-30-9-7-26)13-24-21(28)16-10-15-17(25-22(16)29)11-23(2,3)12-19(15)27/h4-5,10,18H,6-9,11-13H2,1-3H3,(H,24,28)(H,25,29). The number of nitrogens with one attached hydrogen (secondary N) is 2. The molecule has 1 unspecified atom stereocenters. The monoisotopic (exact) mass is 427 g/mol. The van der Waals surface area contributed by atoms with Crippen LogP contribution in [0.4, 0.5) is 0 Å². The van der Waals surface area contributed by atoms with Gasteiger partial charge < -0.3 is 19.5 Å². The SMILES string of the molecule is Cc1ccc(C(CNC(=O)c2cc3c([nH]c2=O)CC(C)(C)CC3=O)N2CCOCC2)o1. The van der Waals surface area contributed by atoms with Crippen molar-refractivity contribution in [2.45, 2.75) is 39.7 Å². The average Bonchev–Trinajstić information content (AvgIpc) is 3.13. The van der Waals surface area contributed by atoms with E-state index in [4.69, 9.17) is 9.15 Å². The van der Waals surface area contributed by atoms with E-state index in [1.807, 2.05) is 32.9 Å². The molecule has 1 fully saturated rings. The van der Waals surface area contributed by atoms with Crippen molar-refractivity contribution in [1.82, 2.24) is 15.2 Å². The number of ketones is 1. The summed E-state index contributed by atoms with van der Waals surface area (Å²) in [5.74, 6) is 1.01. The van der Waals surface area contributed by atoms with Crippen LogP contribution in [0.25, 0.3) is 0 Å². The number of fused-ring (bicyclic) bond motifs is 1. The van der Waals surface area contributed by atoms with Gasteiger partial charge in [-0.05, 0) is 37.0 Å². The number of carbonyl (C=O) groups excluding carboxylic acids is 2. The second kappa shape index (κ2) is 8.43. The Morgan fingerprint density at radius 3 is 2.65 bits per heavy atom. The first-order valence-corrected chi connectivity index (χ1v) is 10.7. The molecule has 1 saturated heterocycles. The van der Waals surface area contributed by atoms with Crippen LogP contribution >= 0.6 is 0 Å². The van der Waals surface area contributed by atoms with Crippen molar-refractivity contribution in [3.05, 3.63) is 56.9 Å². The maximum absolute atomic E-state index is 12.9. The predicted octanol–water partition coefficient (Wildman–Crippen LogP) is 2.23. The number of ether oxygens (including phenoxy) is 1. The molecule has 1 aliphatic heterocycles. The number of pyridine rings is 1. The van der Waals surface area contributed by atoms with Crippen molar-refractivity contribution >= 4 is 11.7 Å². The summed E-state index contributed by atoms with van der Waals surface area (Å²) < 4.78 is 11.3. The van der Waals surface area contributed by atoms with Crippen LogP contribution in [0.15, 0.2) is 27.4 Å². The lowest BCUT2D eigenvalue weighted by Crippen LogP contribution is -2.44. The van der Waals surface area contributed by atoms with E-state index >= 15 is 0 Å². The number of Topliss-reactive ketones (excluding diaryl/α,β-unsaturated/α-hetero) is 1. The molecule has 1 amide bonds. The maximum Gasteiger partial charge on any atom is 0.261 e. The minimum Gasteiger partial charge on any atom is -0.465 e. The van der Waals surface area contributed by atoms with Gasteiger partial charge in [-0.15, -0.1) is 0 Å². The lowest BCUT2D eigenvalue weighted by molar-refractivity contribution is 0.0117. The molecule has 2 aromatic heterocycles. The van der Waals surface area contributed by atoms with E-state index in [0.717, 1.165) is 24.6 Å². The number of carbonyl (C=O) groups is 2. The lowest BCUT2D eigenvalue weighted by Gasteiger charge is -2.33. The largest absolute Gasteiger partial charge is 0.465 e. The van der Waals surface area contributed by atoms with Crippen molar-refractivity contribution in [3.8, 4) is 0 Å². The molecule has 2 aromatic rings. The van der Waals surface area contributed by atoms with Crippen LogP contribution in [-0.4, -0.2) is 54.4 Å². The number of amides is 1. The van der Waals surface area contributed by atoms with Crippen LogP contribution < -0.4 is 10.9 Å². The van der Waals surface area contributed by atoms with E-state index in [0.29, 0.717) is 37.3 Å². The summed E-state index contributed by atoms with van der Waals surface area (Å²) in [6.45, 7) is 8.84. The molecular weight excluding hydrogens is 398 g/mol. The van der Waals surface area contributed by atoms with Gasteiger partial charge in [0.15, 0.2) is 5.78 Å². The fraction of sp³-hybridized carbons (Fsp3) is 0.522. The number of hydrogen-bond acceptors (Lipinski definition) is 6. The van der Waals surface area contributed by atoms with Gasteiger partial charge in [0.1, 0.15) is 17.1 Å². The van der Waals surface area contributed by atoms with Gasteiger partial charge in [-0.25, -0.2) is 0 Å². The number of hydrogen-bond donors (Lipinski definition) is 2. The Hall–Kier alpha value is -2.71. The first-order chi connectivity index (χ1) is 14.7. The van der Waals surface area contributed by atoms with Crippen LogP contribution in [0.1, 0.15) is 64.2 Å². The van der Waals surface area contributed by atoms with Crippen LogP contribution in [0, 0.1) is 12.3 Å². The molecule has 166 valence electrons. The van der Waals surface area contributed by atoms with Gasteiger partial charge in [-0.2, -0.15) is 0 Å². The highest BCUT2D eigenvalue weighted by Crippen LogP contribution is 2.33. The fourth-order valence-electron chi connectivity index (χ4n) is 4.41. The normalized spacial score (nSPS) is 19.6. The molecule has 8 heteroatoms. The zero-order chi connectivity index (χ0) is 22.2. The zero-order valence-electron chi connectivity index (χ0n) is 18.2. The van der Waals surface area contributed by atoms with Crippen LogP contribution in [0.2, 0.25) is 0 Å². The van der Waals surface area contributed by atoms with Crippen molar-refractivity contribution in [2.75, 3.05) is 32.8 Å². The van der Waals surface area contributed by atoms with E-state index < -0.39 is 11.5 Å². The number of rotatable bonds is 5. The molecule has 31 heavy (non-hydrogen) atoms. The molecule has 1 atom stereocenters. The second-order valence-electron chi connectivity index (χ2n) is 9.17. The van der Waals surface area contributed by atoms with Gasteiger partial charge in [0, 0.05) is 37.3 Å². The lowest BCUT2D eigenvalue weighted by atomic mass is 9.75. The third-order valence-electron chi connectivity index (χ3n) is 5.99. The minimum atomic E-state index is -0.497. The molecule has 1 aliphatic carbocycles. The first-order valence-electron chi connectivity index (χ1n) is 10.7. The minimum absolute atomic E-state index is 0.0387. The van der Waals surface area contributed by atoms with E-state index in [2.05, 4.69) is 15.2 Å². The maximum atomic E-state index is 12.9. The van der Waals surface area contributed by atoms with E-state index in [9.17, 15) is 14.4 Å². The highest BCUT2D eigenvalue weighted by Gasteiger charge is 2.33. The Balaban J connectivity index is 1.54. The summed E-state index contributed by atoms with van der Waals surface area (Å²) in [4.78, 5) is 43.0. The number of aromatic amines is 1. The van der Waals surface area contributed by atoms with Gasteiger partial charge >= 0.3 is 0 Å². The number of aromatic nitrogens is 1. The van der Waals surface area contributed by atoms with Gasteiger partial charge in [0.05, 0.1) is 19.3 Å². The first kappa shape index (κ1) is 21.5. The molecule has 2 N–H and O–H groups in total. The number of nitrogens with zero attached hydrogens (tertiary/aromatic N) is 1. The summed E-state index contributed by atoms with van der Waals surface area (Å²) >= 11 is 0. The molecule has 0 bridgehead atoms. The fourth-order valence-corrected chi connectivity index (χ4v) is 4.41. The number of H-pyrrole nitrogens is 1. The van der Waals surface area contributed by atoms with Gasteiger partial charge in [-0.3, -0.25) is 19.3 Å². The molecule has 4 rings (SSSR count). The van der Waals surface area contributed by atoms with Crippen LogP contribution in [-0.2, 0) is 11.2 Å². The molecule has 0 radical (unpaired) electrons. The third-order valence-corrected chi connectivity index (χ3v) is 5.99. The van der Waals surface area contributed by atoms with Gasteiger partial charge in [0.25, 0.3) is 11.5 Å². The summed E-state index contributed by atoms with van der Waals surface area (Å²) in [6.07, 6.45) is 0.992. The van der Waals surface area contributed by atoms with Gasteiger partial charge in [0.2, 0.25) is 0 Å². The predicted molar refractivity (Wildman–Crippen MR) is 114 cm³/mol. The van der Waals surface area contributed by atoms with Crippen molar-refractivity contribution < 1.29 is 18.7 Å². The number of morpholine rings is 1. The number of aryl methyl sites for hydroxylation is 1. The van der Waals surface area contributed by atoms with E-state index in [-0.39, 0.29) is 29.3 Å². The van der Waals surface area contributed by atoms with Crippen molar-refractivity contribution in [1.29, 1.82) is 0 Å². The Morgan fingerprint density at radius 1 is 1.23 bits per heavy atom. The quantitative estimate of drug-likeness (QED) is 0.758. The number of furan rings is 1. The molecule has 3 heterocycles. The molecule has 0 aromatic carbocycles. The highest BCUT2D eigenvalue weighted by atomic mass is 16.5. The van der Waals surface area contributed by atoms with Crippen molar-refractivity contribution in [2.24, 2.45) is 5.41 Å². The second-order valence-corrected chi connectivity index (χ2v) is 9.17. The molecule has 0 saturated carbocycles. The van der Waals surface area contributed by atoms with Crippen LogP contribution in [0.5, 0.6) is 0 Å². The molecule has 8 nitrogen and oxygen atoms in total. The van der Waals surface area contributed by atoms with Crippen molar-refractivity contribution in [3.63, 3.8) is 0 Å². The Bertz CT molecular complexity index is 1050. The zero-order valence-corrected chi connectivity index (χ0v) is 18.2. The van der Waals surface area contributed by atoms with E-state index in [1.54, 1.807) is 0 Å².